The highest BCUT2D eigenvalue weighted by Crippen LogP contribution is 2.15. The van der Waals surface area contributed by atoms with Crippen LogP contribution in [0.2, 0.25) is 0 Å². The molecule has 0 aliphatic carbocycles. The number of anilines is 1. The molecule has 0 saturated heterocycles. The van der Waals surface area contributed by atoms with Crippen LogP contribution in [0, 0.1) is 0 Å². The third-order valence-corrected chi connectivity index (χ3v) is 3.54. The Hall–Kier alpha value is -1.87. The van der Waals surface area contributed by atoms with E-state index in [0.29, 0.717) is 23.9 Å². The Labute approximate surface area is 123 Å². The largest absolute Gasteiger partial charge is 0.476 e. The van der Waals surface area contributed by atoms with Crippen LogP contribution in [0.15, 0.2) is 23.2 Å². The lowest BCUT2D eigenvalue weighted by molar-refractivity contribution is -0.129. The second kappa shape index (κ2) is 9.10. The Kier molecular flexibility index (Phi) is 7.36. The van der Waals surface area contributed by atoms with Gasteiger partial charge in [-0.05, 0) is 0 Å². The molecule has 2 N–H and O–H groups in total. The van der Waals surface area contributed by atoms with Crippen molar-refractivity contribution in [1.82, 2.24) is 4.98 Å². The first-order chi connectivity index (χ1) is 9.69. The molecule has 0 bridgehead atoms. The Morgan fingerprint density at radius 3 is 3.15 bits per heavy atom. The van der Waals surface area contributed by atoms with Gasteiger partial charge in [0.15, 0.2) is 5.13 Å². The molecule has 0 fully saturated rings. The fraction of sp³-hybridized carbons (Fsp3) is 0.273. The number of carbonyl (C=O) groups is 2. The number of hydrogen-bond acceptors (Lipinski definition) is 7. The first-order valence-corrected chi connectivity index (χ1v) is 7.50. The summed E-state index contributed by atoms with van der Waals surface area (Å²) in [4.78, 5) is 30.2. The summed E-state index contributed by atoms with van der Waals surface area (Å²) in [5.41, 5.74) is -0.153. The van der Waals surface area contributed by atoms with Crippen LogP contribution in [-0.2, 0) is 14.4 Å². The molecule has 108 valence electrons. The average Bonchev–Trinajstić information content (AvgIpc) is 2.86. The maximum Gasteiger partial charge on any atom is 0.360 e. The minimum Gasteiger partial charge on any atom is -0.476 e. The molecule has 9 heteroatoms. The molecule has 0 saturated carbocycles. The zero-order valence-corrected chi connectivity index (χ0v) is 12.1. The van der Waals surface area contributed by atoms with Crippen molar-refractivity contribution in [2.24, 2.45) is 5.16 Å². The maximum atomic E-state index is 11.1. The lowest BCUT2D eigenvalue weighted by Crippen LogP contribution is -2.16. The van der Waals surface area contributed by atoms with E-state index in [9.17, 15) is 9.59 Å². The van der Waals surface area contributed by atoms with Crippen molar-refractivity contribution in [3.63, 3.8) is 0 Å². The van der Waals surface area contributed by atoms with Crippen LogP contribution in [0.5, 0.6) is 0 Å². The number of amides is 1. The average molecular weight is 315 g/mol. The zero-order chi connectivity index (χ0) is 14.8. The maximum absolute atomic E-state index is 11.1. The van der Waals surface area contributed by atoms with E-state index in [1.807, 2.05) is 0 Å². The molecule has 1 rings (SSSR count). The molecule has 7 nitrogen and oxygen atoms in total. The number of carbonyl (C=O) groups excluding carboxylic acids is 1. The van der Waals surface area contributed by atoms with Gasteiger partial charge in [-0.3, -0.25) is 4.79 Å². The molecule has 1 heterocycles. The summed E-state index contributed by atoms with van der Waals surface area (Å²) in [5, 5.41) is 16.7. The molecule has 0 aromatic carbocycles. The van der Waals surface area contributed by atoms with Crippen molar-refractivity contribution < 1.29 is 19.5 Å². The third kappa shape index (κ3) is 5.41. The molecular formula is C11H13N3O4S2. The summed E-state index contributed by atoms with van der Waals surface area (Å²) in [6, 6.07) is 0. The smallest absolute Gasteiger partial charge is 0.360 e. The summed E-state index contributed by atoms with van der Waals surface area (Å²) in [6.07, 6.45) is 2.24. The second-order valence-electron chi connectivity index (χ2n) is 3.24. The normalized spacial score (nSPS) is 10.9. The first-order valence-electron chi connectivity index (χ1n) is 5.47. The van der Waals surface area contributed by atoms with E-state index in [4.69, 9.17) is 9.94 Å². The van der Waals surface area contributed by atoms with Crippen molar-refractivity contribution in [3.05, 3.63) is 23.7 Å². The van der Waals surface area contributed by atoms with Crippen LogP contribution in [-0.4, -0.2) is 46.3 Å². The number of carboxylic acids is 1. The van der Waals surface area contributed by atoms with Crippen molar-refractivity contribution in [2.75, 3.05) is 23.4 Å². The number of aromatic nitrogens is 1. The zero-order valence-electron chi connectivity index (χ0n) is 10.4. The van der Waals surface area contributed by atoms with Gasteiger partial charge in [0.25, 0.3) is 0 Å². The fourth-order valence-electron chi connectivity index (χ4n) is 1.07. The first kappa shape index (κ1) is 16.2. The van der Waals surface area contributed by atoms with Crippen LogP contribution in [0.3, 0.4) is 0 Å². The minimum absolute atomic E-state index is 0.144. The van der Waals surface area contributed by atoms with Gasteiger partial charge in [-0.1, -0.05) is 11.2 Å². The molecule has 0 spiro atoms. The Morgan fingerprint density at radius 2 is 2.50 bits per heavy atom. The van der Waals surface area contributed by atoms with Crippen molar-refractivity contribution in [2.45, 2.75) is 0 Å². The van der Waals surface area contributed by atoms with Crippen LogP contribution < -0.4 is 5.32 Å². The third-order valence-electron chi connectivity index (χ3n) is 1.84. The van der Waals surface area contributed by atoms with Crippen LogP contribution >= 0.6 is 23.1 Å². The number of nitrogens with zero attached hydrogens (tertiary/aromatic N) is 2. The minimum atomic E-state index is -1.24. The second-order valence-corrected chi connectivity index (χ2v) is 5.25. The van der Waals surface area contributed by atoms with Gasteiger partial charge in [0.1, 0.15) is 12.3 Å². The highest BCUT2D eigenvalue weighted by Gasteiger charge is 2.17. The predicted octanol–water partition coefficient (Wildman–Crippen LogP) is 1.44. The van der Waals surface area contributed by atoms with Gasteiger partial charge in [-0.2, -0.15) is 11.8 Å². The molecule has 0 atom stereocenters. The number of thiazole rings is 1. The highest BCUT2D eigenvalue weighted by atomic mass is 32.2. The van der Waals surface area contributed by atoms with Gasteiger partial charge in [-0.15, -0.1) is 17.9 Å². The lowest BCUT2D eigenvalue weighted by atomic mass is 10.3. The van der Waals surface area contributed by atoms with E-state index in [2.05, 4.69) is 22.0 Å². The monoisotopic (exact) mass is 315 g/mol. The van der Waals surface area contributed by atoms with E-state index in [1.54, 1.807) is 17.8 Å². The number of carboxylic acid groups (broad SMARTS) is 1. The molecule has 0 aliphatic heterocycles. The molecule has 1 aromatic rings. The van der Waals surface area contributed by atoms with Gasteiger partial charge in [-0.25, -0.2) is 9.78 Å². The standard InChI is InChI=1S/C11H13N3O4S2/c1-2-4-19-5-3-18-14-9(10(16)17)8-6-20-11(13-8)12-7-15/h2,6-7H,1,3-5H2,(H,16,17)(H,12,13,15)/b14-9+. The van der Waals surface area contributed by atoms with Gasteiger partial charge >= 0.3 is 5.97 Å². The van der Waals surface area contributed by atoms with Gasteiger partial charge in [0, 0.05) is 16.9 Å². The van der Waals surface area contributed by atoms with Crippen LogP contribution in [0.4, 0.5) is 5.13 Å². The molecule has 0 unspecified atom stereocenters. The van der Waals surface area contributed by atoms with E-state index in [-0.39, 0.29) is 11.4 Å². The number of oxime groups is 1. The summed E-state index contributed by atoms with van der Waals surface area (Å²) < 4.78 is 0. The molecule has 0 aliphatic rings. The summed E-state index contributed by atoms with van der Waals surface area (Å²) >= 11 is 2.70. The van der Waals surface area contributed by atoms with Crippen molar-refractivity contribution in [1.29, 1.82) is 0 Å². The molecule has 1 aromatic heterocycles. The molecular weight excluding hydrogens is 302 g/mol. The number of aliphatic carboxylic acids is 1. The summed E-state index contributed by atoms with van der Waals surface area (Å²) in [7, 11) is 0. The van der Waals surface area contributed by atoms with Gasteiger partial charge < -0.3 is 15.3 Å². The molecule has 20 heavy (non-hydrogen) atoms. The van der Waals surface area contributed by atoms with Gasteiger partial charge in [0.2, 0.25) is 12.1 Å². The topological polar surface area (TPSA) is 101 Å². The lowest BCUT2D eigenvalue weighted by Gasteiger charge is -2.00. The Morgan fingerprint density at radius 1 is 1.70 bits per heavy atom. The SMILES string of the molecule is C=CCSCCO/N=C(/C(=O)O)c1csc(NC=O)n1. The van der Waals surface area contributed by atoms with E-state index in [1.165, 1.54) is 5.38 Å². The summed E-state index contributed by atoms with van der Waals surface area (Å²) in [5.74, 6) is 0.232. The van der Waals surface area contributed by atoms with Crippen LogP contribution in [0.1, 0.15) is 5.69 Å². The van der Waals surface area contributed by atoms with Crippen molar-refractivity contribution in [3.8, 4) is 0 Å². The highest BCUT2D eigenvalue weighted by molar-refractivity contribution is 7.99. The van der Waals surface area contributed by atoms with E-state index in [0.717, 1.165) is 17.1 Å². The number of hydrogen-bond donors (Lipinski definition) is 2. The van der Waals surface area contributed by atoms with E-state index >= 15 is 0 Å². The summed E-state index contributed by atoms with van der Waals surface area (Å²) in [6.45, 7) is 3.87. The molecule has 0 radical (unpaired) electrons. The van der Waals surface area contributed by atoms with Crippen molar-refractivity contribution >= 4 is 46.3 Å². The number of nitrogens with one attached hydrogen (secondary N) is 1. The van der Waals surface area contributed by atoms with E-state index < -0.39 is 5.97 Å². The number of rotatable bonds is 10. The Balaban J connectivity index is 2.60. The Bertz CT molecular complexity index is 502. The molecule has 1 amide bonds. The number of thioether (sulfide) groups is 1. The fourth-order valence-corrected chi connectivity index (χ4v) is 2.25. The quantitative estimate of drug-likeness (QED) is 0.223. The predicted molar refractivity (Wildman–Crippen MR) is 79.4 cm³/mol. The van der Waals surface area contributed by atoms with Gasteiger partial charge in [0.05, 0.1) is 0 Å². The van der Waals surface area contributed by atoms with Crippen LogP contribution in [0.25, 0.3) is 0 Å².